The minimum absolute atomic E-state index is 0.0662. The number of fused-ring (bicyclic) bond motifs is 1. The molecule has 0 aliphatic rings. The maximum Gasteiger partial charge on any atom is 0.267 e. The number of benzene rings is 1. The highest BCUT2D eigenvalue weighted by molar-refractivity contribution is 6.08. The lowest BCUT2D eigenvalue weighted by molar-refractivity contribution is 0.102. The Hall–Kier alpha value is -3.22. The van der Waals surface area contributed by atoms with E-state index in [1.807, 2.05) is 6.92 Å². The van der Waals surface area contributed by atoms with E-state index in [1.165, 1.54) is 17.0 Å². The van der Waals surface area contributed by atoms with Crippen molar-refractivity contribution in [2.24, 2.45) is 0 Å². The summed E-state index contributed by atoms with van der Waals surface area (Å²) in [6, 6.07) is 8.55. The van der Waals surface area contributed by atoms with Crippen molar-refractivity contribution < 1.29 is 9.90 Å². The molecule has 0 atom stereocenters. The summed E-state index contributed by atoms with van der Waals surface area (Å²) in [5.41, 5.74) is -0.259. The van der Waals surface area contributed by atoms with E-state index in [0.717, 1.165) is 6.42 Å². The highest BCUT2D eigenvalue weighted by Crippen LogP contribution is 2.26. The highest BCUT2D eigenvalue weighted by atomic mass is 16.3. The number of hydrogen-bond donors (Lipinski definition) is 2. The van der Waals surface area contributed by atoms with Gasteiger partial charge in [0, 0.05) is 24.3 Å². The zero-order valence-corrected chi connectivity index (χ0v) is 13.1. The van der Waals surface area contributed by atoms with Gasteiger partial charge in [-0.3, -0.25) is 14.9 Å². The molecular formula is C17H16N4O3. The molecule has 0 saturated carbocycles. The largest absolute Gasteiger partial charge is 0.506 e. The Kier molecular flexibility index (Phi) is 4.24. The molecule has 2 heterocycles. The predicted molar refractivity (Wildman–Crippen MR) is 90.1 cm³/mol. The SMILES string of the molecule is CCCn1c(=O)c(C(=O)Nc2ncccn2)c(O)c2ccccc21. The standard InChI is InChI=1S/C17H16N4O3/c1-2-10-21-12-7-4-3-6-11(12)14(22)13(16(21)24)15(23)20-17-18-8-5-9-19-17/h3-9,22H,2,10H2,1H3,(H,18,19,20,23). The van der Waals surface area contributed by atoms with Crippen LogP contribution < -0.4 is 10.9 Å². The monoisotopic (exact) mass is 324 g/mol. The van der Waals surface area contributed by atoms with E-state index in [1.54, 1.807) is 30.3 Å². The summed E-state index contributed by atoms with van der Waals surface area (Å²) in [5, 5.41) is 13.3. The minimum Gasteiger partial charge on any atom is -0.506 e. The number of pyridine rings is 1. The van der Waals surface area contributed by atoms with E-state index >= 15 is 0 Å². The Labute approximate surface area is 137 Å². The second-order valence-electron chi connectivity index (χ2n) is 5.22. The molecule has 122 valence electrons. The molecule has 0 aliphatic carbocycles. The van der Waals surface area contributed by atoms with Crippen LogP contribution in [0.3, 0.4) is 0 Å². The number of carbonyl (C=O) groups excluding carboxylic acids is 1. The van der Waals surface area contributed by atoms with Crippen molar-refractivity contribution in [3.8, 4) is 5.75 Å². The molecule has 1 aromatic carbocycles. The van der Waals surface area contributed by atoms with Gasteiger partial charge in [0.15, 0.2) is 0 Å². The number of nitrogens with zero attached hydrogens (tertiary/aromatic N) is 3. The van der Waals surface area contributed by atoms with Gasteiger partial charge >= 0.3 is 0 Å². The van der Waals surface area contributed by atoms with E-state index in [2.05, 4.69) is 15.3 Å². The fourth-order valence-electron chi connectivity index (χ4n) is 2.57. The number of aromatic nitrogens is 3. The van der Waals surface area contributed by atoms with Crippen LogP contribution in [-0.4, -0.2) is 25.5 Å². The maximum absolute atomic E-state index is 12.7. The number of anilines is 1. The first-order valence-electron chi connectivity index (χ1n) is 7.56. The molecule has 2 N–H and O–H groups in total. The van der Waals surface area contributed by atoms with Crippen LogP contribution in [0.25, 0.3) is 10.9 Å². The Morgan fingerprint density at radius 1 is 1.21 bits per heavy atom. The topological polar surface area (TPSA) is 97.1 Å². The van der Waals surface area contributed by atoms with Gasteiger partial charge in [0.25, 0.3) is 11.5 Å². The van der Waals surface area contributed by atoms with Gasteiger partial charge in [-0.05, 0) is 24.6 Å². The van der Waals surface area contributed by atoms with Gasteiger partial charge in [0.05, 0.1) is 5.52 Å². The summed E-state index contributed by atoms with van der Waals surface area (Å²) in [4.78, 5) is 33.0. The van der Waals surface area contributed by atoms with Gasteiger partial charge in [0.2, 0.25) is 5.95 Å². The van der Waals surface area contributed by atoms with Crippen molar-refractivity contribution in [1.82, 2.24) is 14.5 Å². The normalized spacial score (nSPS) is 10.7. The lowest BCUT2D eigenvalue weighted by Crippen LogP contribution is -2.30. The zero-order valence-electron chi connectivity index (χ0n) is 13.1. The molecule has 2 aromatic heterocycles. The third-order valence-corrected chi connectivity index (χ3v) is 3.61. The van der Waals surface area contributed by atoms with Gasteiger partial charge in [-0.25, -0.2) is 9.97 Å². The number of carbonyl (C=O) groups is 1. The molecule has 1 amide bonds. The summed E-state index contributed by atoms with van der Waals surface area (Å²) in [6.45, 7) is 2.38. The van der Waals surface area contributed by atoms with Crippen molar-refractivity contribution in [2.75, 3.05) is 5.32 Å². The number of aromatic hydroxyl groups is 1. The quantitative estimate of drug-likeness (QED) is 0.766. The number of rotatable bonds is 4. The summed E-state index contributed by atoms with van der Waals surface area (Å²) >= 11 is 0. The molecule has 7 heteroatoms. The van der Waals surface area contributed by atoms with Crippen LogP contribution >= 0.6 is 0 Å². The molecule has 0 bridgehead atoms. The second kappa shape index (κ2) is 6.49. The summed E-state index contributed by atoms with van der Waals surface area (Å²) in [6.07, 6.45) is 3.66. The van der Waals surface area contributed by atoms with Crippen molar-refractivity contribution in [3.63, 3.8) is 0 Å². The third kappa shape index (κ3) is 2.71. The highest BCUT2D eigenvalue weighted by Gasteiger charge is 2.22. The predicted octanol–water partition coefficient (Wildman–Crippen LogP) is 2.16. The van der Waals surface area contributed by atoms with Crippen molar-refractivity contribution in [3.05, 3.63) is 58.6 Å². The zero-order chi connectivity index (χ0) is 17.1. The van der Waals surface area contributed by atoms with Crippen LogP contribution in [-0.2, 0) is 6.54 Å². The Bertz CT molecular complexity index is 951. The van der Waals surface area contributed by atoms with Gasteiger partial charge < -0.3 is 9.67 Å². The van der Waals surface area contributed by atoms with Crippen molar-refractivity contribution in [2.45, 2.75) is 19.9 Å². The van der Waals surface area contributed by atoms with E-state index < -0.39 is 11.5 Å². The summed E-state index contributed by atoms with van der Waals surface area (Å²) < 4.78 is 1.50. The van der Waals surface area contributed by atoms with E-state index in [-0.39, 0.29) is 17.3 Å². The van der Waals surface area contributed by atoms with E-state index in [0.29, 0.717) is 17.4 Å². The summed E-state index contributed by atoms with van der Waals surface area (Å²) in [7, 11) is 0. The number of nitrogens with one attached hydrogen (secondary N) is 1. The van der Waals surface area contributed by atoms with E-state index in [9.17, 15) is 14.7 Å². The van der Waals surface area contributed by atoms with Gasteiger partial charge in [0.1, 0.15) is 11.3 Å². The lowest BCUT2D eigenvalue weighted by atomic mass is 10.1. The number of amides is 1. The Balaban J connectivity index is 2.17. The van der Waals surface area contributed by atoms with Gasteiger partial charge in [-0.2, -0.15) is 0 Å². The smallest absolute Gasteiger partial charge is 0.267 e. The summed E-state index contributed by atoms with van der Waals surface area (Å²) in [5.74, 6) is -1.01. The Morgan fingerprint density at radius 2 is 1.92 bits per heavy atom. The molecule has 0 aliphatic heterocycles. The van der Waals surface area contributed by atoms with Crippen LogP contribution in [0, 0.1) is 0 Å². The molecular weight excluding hydrogens is 308 g/mol. The maximum atomic E-state index is 12.7. The number of aryl methyl sites for hydroxylation is 1. The lowest BCUT2D eigenvalue weighted by Gasteiger charge is -2.14. The Morgan fingerprint density at radius 3 is 2.62 bits per heavy atom. The van der Waals surface area contributed by atoms with Crippen LogP contribution in [0.1, 0.15) is 23.7 Å². The van der Waals surface area contributed by atoms with Crippen LogP contribution in [0.5, 0.6) is 5.75 Å². The first-order valence-corrected chi connectivity index (χ1v) is 7.56. The average Bonchev–Trinajstić information content (AvgIpc) is 2.59. The molecule has 0 saturated heterocycles. The van der Waals surface area contributed by atoms with Crippen molar-refractivity contribution in [1.29, 1.82) is 0 Å². The molecule has 0 spiro atoms. The van der Waals surface area contributed by atoms with Crippen LogP contribution in [0.15, 0.2) is 47.5 Å². The van der Waals surface area contributed by atoms with Crippen LogP contribution in [0.2, 0.25) is 0 Å². The molecule has 0 radical (unpaired) electrons. The number of para-hydroxylation sites is 1. The fraction of sp³-hybridized carbons (Fsp3) is 0.176. The third-order valence-electron chi connectivity index (χ3n) is 3.61. The molecule has 0 fully saturated rings. The number of hydrogen-bond acceptors (Lipinski definition) is 5. The minimum atomic E-state index is -0.737. The van der Waals surface area contributed by atoms with Gasteiger partial charge in [-0.15, -0.1) is 0 Å². The molecule has 7 nitrogen and oxygen atoms in total. The first-order chi connectivity index (χ1) is 11.6. The molecule has 0 unspecified atom stereocenters. The average molecular weight is 324 g/mol. The molecule has 3 aromatic rings. The van der Waals surface area contributed by atoms with E-state index in [4.69, 9.17) is 0 Å². The molecule has 3 rings (SSSR count). The second-order valence-corrected chi connectivity index (χ2v) is 5.22. The first kappa shape index (κ1) is 15.7. The van der Waals surface area contributed by atoms with Crippen molar-refractivity contribution >= 4 is 22.8 Å². The fourth-order valence-corrected chi connectivity index (χ4v) is 2.57. The molecule has 24 heavy (non-hydrogen) atoms. The van der Waals surface area contributed by atoms with Gasteiger partial charge in [-0.1, -0.05) is 19.1 Å². The van der Waals surface area contributed by atoms with Crippen LogP contribution in [0.4, 0.5) is 5.95 Å².